The molecule has 0 saturated carbocycles. The molecule has 116 valence electrons. The van der Waals surface area contributed by atoms with Crippen LogP contribution in [0.4, 0.5) is 0 Å². The predicted molar refractivity (Wildman–Crippen MR) is 80.0 cm³/mol. The Morgan fingerprint density at radius 2 is 2.27 bits per heavy atom. The van der Waals surface area contributed by atoms with Crippen molar-refractivity contribution in [3.8, 4) is 17.1 Å². The highest BCUT2D eigenvalue weighted by Crippen LogP contribution is 2.32. The molecule has 1 aromatic carbocycles. The first kappa shape index (κ1) is 14.6. The minimum Gasteiger partial charge on any atom is -0.488 e. The van der Waals surface area contributed by atoms with Gasteiger partial charge >= 0.3 is 5.97 Å². The van der Waals surface area contributed by atoms with Crippen LogP contribution in [0.25, 0.3) is 11.3 Å². The number of para-hydroxylation sites is 1. The van der Waals surface area contributed by atoms with Gasteiger partial charge < -0.3 is 19.3 Å². The van der Waals surface area contributed by atoms with Crippen LogP contribution in [0.2, 0.25) is 0 Å². The molecule has 6 heteroatoms. The number of carboxylic acids is 1. The van der Waals surface area contributed by atoms with Crippen molar-refractivity contribution in [2.75, 3.05) is 20.1 Å². The lowest BCUT2D eigenvalue weighted by Crippen LogP contribution is -2.38. The zero-order valence-electron chi connectivity index (χ0n) is 12.4. The van der Waals surface area contributed by atoms with Crippen LogP contribution in [0.5, 0.6) is 5.75 Å². The largest absolute Gasteiger partial charge is 0.488 e. The van der Waals surface area contributed by atoms with Crippen LogP contribution < -0.4 is 4.74 Å². The maximum Gasteiger partial charge on any atom is 0.358 e. The molecule has 2 aromatic rings. The van der Waals surface area contributed by atoms with E-state index in [0.29, 0.717) is 11.5 Å². The first-order chi connectivity index (χ1) is 10.6. The van der Waals surface area contributed by atoms with E-state index in [-0.39, 0.29) is 11.8 Å². The quantitative estimate of drug-likeness (QED) is 0.935. The second-order valence-corrected chi connectivity index (χ2v) is 5.52. The summed E-state index contributed by atoms with van der Waals surface area (Å²) in [6.45, 7) is 1.97. The van der Waals surface area contributed by atoms with Crippen LogP contribution in [0.1, 0.15) is 23.3 Å². The molecule has 0 radical (unpaired) electrons. The SMILES string of the molecule is CN1CCCC(Oc2ccccc2-c2cc(C(=O)O)no2)C1. The van der Waals surface area contributed by atoms with E-state index >= 15 is 0 Å². The monoisotopic (exact) mass is 302 g/mol. The van der Waals surface area contributed by atoms with Crippen molar-refractivity contribution >= 4 is 5.97 Å². The molecule has 1 aromatic heterocycles. The van der Waals surface area contributed by atoms with Crippen molar-refractivity contribution in [3.05, 3.63) is 36.0 Å². The fourth-order valence-electron chi connectivity index (χ4n) is 2.67. The summed E-state index contributed by atoms with van der Waals surface area (Å²) < 4.78 is 11.2. The normalized spacial score (nSPS) is 19.0. The fourth-order valence-corrected chi connectivity index (χ4v) is 2.67. The highest BCUT2D eigenvalue weighted by molar-refractivity contribution is 5.86. The molecular weight excluding hydrogens is 284 g/mol. The molecule has 0 aliphatic carbocycles. The molecule has 1 N–H and O–H groups in total. The minimum absolute atomic E-state index is 0.109. The van der Waals surface area contributed by atoms with Gasteiger partial charge in [0.2, 0.25) is 0 Å². The van der Waals surface area contributed by atoms with Crippen molar-refractivity contribution < 1.29 is 19.2 Å². The third-order valence-electron chi connectivity index (χ3n) is 3.76. The van der Waals surface area contributed by atoms with Crippen LogP contribution in [-0.4, -0.2) is 47.4 Å². The highest BCUT2D eigenvalue weighted by Gasteiger charge is 2.21. The molecule has 0 amide bonds. The molecule has 3 rings (SSSR count). The van der Waals surface area contributed by atoms with Crippen LogP contribution >= 0.6 is 0 Å². The van der Waals surface area contributed by atoms with Gasteiger partial charge in [-0.15, -0.1) is 0 Å². The number of hydrogen-bond acceptors (Lipinski definition) is 5. The van der Waals surface area contributed by atoms with Gasteiger partial charge in [0.25, 0.3) is 0 Å². The molecule has 1 fully saturated rings. The molecule has 1 unspecified atom stereocenters. The molecule has 2 heterocycles. The van der Waals surface area contributed by atoms with Gasteiger partial charge in [0, 0.05) is 12.6 Å². The van der Waals surface area contributed by atoms with Crippen molar-refractivity contribution in [1.29, 1.82) is 0 Å². The standard InChI is InChI=1S/C16H18N2O4/c1-18-8-4-5-11(10-18)21-14-7-3-2-6-12(14)15-9-13(16(19)20)17-22-15/h2-3,6-7,9,11H,4-5,8,10H2,1H3,(H,19,20). The number of nitrogens with zero attached hydrogens (tertiary/aromatic N) is 2. The predicted octanol–water partition coefficient (Wildman–Crippen LogP) is 2.51. The Balaban J connectivity index is 1.84. The number of carbonyl (C=O) groups is 1. The molecule has 1 atom stereocenters. The zero-order valence-corrected chi connectivity index (χ0v) is 12.4. The number of carboxylic acid groups (broad SMARTS) is 1. The van der Waals surface area contributed by atoms with E-state index in [0.717, 1.165) is 31.5 Å². The Bertz CT molecular complexity index is 668. The number of likely N-dealkylation sites (tertiary alicyclic amines) is 1. The number of hydrogen-bond donors (Lipinski definition) is 1. The molecule has 0 spiro atoms. The van der Waals surface area contributed by atoms with Gasteiger partial charge in [-0.3, -0.25) is 0 Å². The molecule has 22 heavy (non-hydrogen) atoms. The maximum atomic E-state index is 10.9. The van der Waals surface area contributed by atoms with Gasteiger partial charge in [-0.05, 0) is 38.6 Å². The summed E-state index contributed by atoms with van der Waals surface area (Å²) in [4.78, 5) is 13.2. The molecule has 6 nitrogen and oxygen atoms in total. The topological polar surface area (TPSA) is 75.8 Å². The smallest absolute Gasteiger partial charge is 0.358 e. The van der Waals surface area contributed by atoms with Gasteiger partial charge in [-0.1, -0.05) is 17.3 Å². The average Bonchev–Trinajstić information content (AvgIpc) is 2.98. The molecule has 0 bridgehead atoms. The van der Waals surface area contributed by atoms with E-state index < -0.39 is 5.97 Å². The lowest BCUT2D eigenvalue weighted by Gasteiger charge is -2.30. The van der Waals surface area contributed by atoms with Gasteiger partial charge in [0.1, 0.15) is 11.9 Å². The Morgan fingerprint density at radius 1 is 1.45 bits per heavy atom. The number of benzene rings is 1. The number of aromatic carboxylic acids is 1. The van der Waals surface area contributed by atoms with Crippen LogP contribution in [-0.2, 0) is 0 Å². The Kier molecular flexibility index (Phi) is 4.11. The summed E-state index contributed by atoms with van der Waals surface area (Å²) in [5.41, 5.74) is 0.609. The molecule has 1 aliphatic rings. The first-order valence-corrected chi connectivity index (χ1v) is 7.28. The third-order valence-corrected chi connectivity index (χ3v) is 3.76. The first-order valence-electron chi connectivity index (χ1n) is 7.28. The van der Waals surface area contributed by atoms with Gasteiger partial charge in [0.15, 0.2) is 11.5 Å². The van der Waals surface area contributed by atoms with Gasteiger partial charge in [-0.2, -0.15) is 0 Å². The maximum absolute atomic E-state index is 10.9. The van der Waals surface area contributed by atoms with E-state index in [9.17, 15) is 4.79 Å². The van der Waals surface area contributed by atoms with Crippen molar-refractivity contribution in [1.82, 2.24) is 10.1 Å². The second-order valence-electron chi connectivity index (χ2n) is 5.52. The van der Waals surface area contributed by atoms with Crippen LogP contribution in [0.15, 0.2) is 34.9 Å². The Hall–Kier alpha value is -2.34. The highest BCUT2D eigenvalue weighted by atomic mass is 16.5. The number of piperidine rings is 1. The van der Waals surface area contributed by atoms with Crippen molar-refractivity contribution in [3.63, 3.8) is 0 Å². The zero-order chi connectivity index (χ0) is 15.5. The van der Waals surface area contributed by atoms with Crippen molar-refractivity contribution in [2.45, 2.75) is 18.9 Å². The van der Waals surface area contributed by atoms with Crippen LogP contribution in [0, 0.1) is 0 Å². The van der Waals surface area contributed by atoms with Gasteiger partial charge in [0.05, 0.1) is 5.56 Å². The van der Waals surface area contributed by atoms with E-state index in [4.69, 9.17) is 14.4 Å². The Labute approximate surface area is 128 Å². The fraction of sp³-hybridized carbons (Fsp3) is 0.375. The lowest BCUT2D eigenvalue weighted by molar-refractivity contribution is 0.0686. The molecule has 1 aliphatic heterocycles. The molecule has 1 saturated heterocycles. The van der Waals surface area contributed by atoms with Crippen molar-refractivity contribution in [2.24, 2.45) is 0 Å². The summed E-state index contributed by atoms with van der Waals surface area (Å²) >= 11 is 0. The van der Waals surface area contributed by atoms with Gasteiger partial charge in [-0.25, -0.2) is 4.79 Å². The van der Waals surface area contributed by atoms with E-state index in [1.807, 2.05) is 24.3 Å². The summed E-state index contributed by atoms with van der Waals surface area (Å²) in [5, 5.41) is 12.5. The van der Waals surface area contributed by atoms with Crippen LogP contribution in [0.3, 0.4) is 0 Å². The summed E-state index contributed by atoms with van der Waals surface area (Å²) in [6.07, 6.45) is 2.24. The minimum atomic E-state index is -1.11. The number of ether oxygens (including phenoxy) is 1. The number of rotatable bonds is 4. The molecular formula is C16H18N2O4. The lowest BCUT2D eigenvalue weighted by atomic mass is 10.1. The average molecular weight is 302 g/mol. The number of aromatic nitrogens is 1. The summed E-state index contributed by atoms with van der Waals surface area (Å²) in [6, 6.07) is 8.87. The van der Waals surface area contributed by atoms with E-state index in [1.165, 1.54) is 6.07 Å². The van der Waals surface area contributed by atoms with E-state index in [2.05, 4.69) is 17.1 Å². The summed E-state index contributed by atoms with van der Waals surface area (Å²) in [7, 11) is 2.08. The Morgan fingerprint density at radius 3 is 3.00 bits per heavy atom. The third kappa shape index (κ3) is 3.12. The second kappa shape index (κ2) is 6.19. The summed E-state index contributed by atoms with van der Waals surface area (Å²) in [5.74, 6) is -0.0182. The number of likely N-dealkylation sites (N-methyl/N-ethyl adjacent to an activating group) is 1. The van der Waals surface area contributed by atoms with E-state index in [1.54, 1.807) is 0 Å².